The summed E-state index contributed by atoms with van der Waals surface area (Å²) < 4.78 is 4.69. The van der Waals surface area contributed by atoms with Crippen LogP contribution in [0.25, 0.3) is 0 Å². The summed E-state index contributed by atoms with van der Waals surface area (Å²) in [6.45, 7) is 3.15. The Kier molecular flexibility index (Phi) is 13.7. The molecular formula is C11H19NO6. The molecule has 0 bridgehead atoms. The molecule has 1 rings (SSSR count). The van der Waals surface area contributed by atoms with Crippen LogP contribution >= 0.6 is 0 Å². The van der Waals surface area contributed by atoms with E-state index < -0.39 is 11.9 Å². The van der Waals surface area contributed by atoms with Crippen molar-refractivity contribution < 1.29 is 30.0 Å². The van der Waals surface area contributed by atoms with Gasteiger partial charge in [0.15, 0.2) is 0 Å². The highest BCUT2D eigenvalue weighted by Crippen LogP contribution is 2.17. The molecule has 0 heterocycles. The molecule has 1 aromatic rings. The summed E-state index contributed by atoms with van der Waals surface area (Å²) in [4.78, 5) is 21.2. The number of aliphatic hydroxyl groups excluding tert-OH is 1. The van der Waals surface area contributed by atoms with E-state index in [0.29, 0.717) is 0 Å². The minimum Gasteiger partial charge on any atom is -0.478 e. The highest BCUT2D eigenvalue weighted by Gasteiger charge is 2.10. The largest absolute Gasteiger partial charge is 0.478 e. The molecule has 0 unspecified atom stereocenters. The van der Waals surface area contributed by atoms with Crippen LogP contribution in [0.4, 0.5) is 0 Å². The molecule has 0 aromatic heterocycles. The monoisotopic (exact) mass is 261 g/mol. The molecule has 0 amide bonds. The molecule has 0 saturated carbocycles. The Balaban J connectivity index is -0.000000410. The van der Waals surface area contributed by atoms with Crippen LogP contribution in [0.2, 0.25) is 0 Å². The molecule has 0 atom stereocenters. The first-order chi connectivity index (χ1) is 7.52. The van der Waals surface area contributed by atoms with Crippen molar-refractivity contribution >= 4 is 11.9 Å². The van der Waals surface area contributed by atoms with Crippen LogP contribution in [0, 0.1) is 0 Å². The zero-order valence-corrected chi connectivity index (χ0v) is 10.3. The Morgan fingerprint density at radius 2 is 1.72 bits per heavy atom. The van der Waals surface area contributed by atoms with Crippen LogP contribution in [0.1, 0.15) is 24.2 Å². The van der Waals surface area contributed by atoms with E-state index in [-0.39, 0.29) is 29.5 Å². The average Bonchev–Trinajstić information content (AvgIpc) is 2.18. The van der Waals surface area contributed by atoms with Crippen LogP contribution in [0.15, 0.2) is 24.3 Å². The van der Waals surface area contributed by atoms with Crippen LogP contribution in [0.3, 0.4) is 0 Å². The molecule has 0 aliphatic heterocycles. The fourth-order valence-electron chi connectivity index (χ4n) is 0.887. The molecule has 0 aliphatic rings. The van der Waals surface area contributed by atoms with E-state index in [1.165, 1.54) is 19.1 Å². The summed E-state index contributed by atoms with van der Waals surface area (Å²) in [7, 11) is 0. The van der Waals surface area contributed by atoms with Gasteiger partial charge in [-0.3, -0.25) is 4.79 Å². The lowest BCUT2D eigenvalue weighted by Gasteiger charge is -2.03. The van der Waals surface area contributed by atoms with Crippen molar-refractivity contribution in [1.29, 1.82) is 0 Å². The summed E-state index contributed by atoms with van der Waals surface area (Å²) in [5.74, 6) is -1.58. The van der Waals surface area contributed by atoms with Gasteiger partial charge < -0.3 is 26.6 Å². The fourth-order valence-corrected chi connectivity index (χ4v) is 0.887. The van der Waals surface area contributed by atoms with E-state index in [4.69, 9.17) is 10.2 Å². The third-order valence-corrected chi connectivity index (χ3v) is 1.37. The van der Waals surface area contributed by atoms with Crippen molar-refractivity contribution in [3.63, 3.8) is 0 Å². The van der Waals surface area contributed by atoms with E-state index in [2.05, 4.69) is 4.74 Å². The van der Waals surface area contributed by atoms with E-state index in [1.54, 1.807) is 19.1 Å². The number of carbonyl (C=O) groups is 2. The third kappa shape index (κ3) is 8.22. The van der Waals surface area contributed by atoms with Crippen LogP contribution in [-0.4, -0.2) is 34.2 Å². The summed E-state index contributed by atoms with van der Waals surface area (Å²) in [6.07, 6.45) is 0. The standard InChI is InChI=1S/C9H8O4.C2H6O.H3N.H2O/c1-6(10)13-8-5-3-2-4-7(8)9(11)12;1-2-3;;/h2-5H,1H3,(H,11,12);3H,2H2,1H3;1H3;1H2. The van der Waals surface area contributed by atoms with Gasteiger partial charge in [-0.1, -0.05) is 12.1 Å². The highest BCUT2D eigenvalue weighted by molar-refractivity contribution is 5.91. The van der Waals surface area contributed by atoms with E-state index in [9.17, 15) is 9.59 Å². The first-order valence-corrected chi connectivity index (χ1v) is 4.64. The van der Waals surface area contributed by atoms with Gasteiger partial charge in [0, 0.05) is 13.5 Å². The van der Waals surface area contributed by atoms with Crippen LogP contribution in [-0.2, 0) is 4.79 Å². The zero-order chi connectivity index (χ0) is 12.6. The minimum atomic E-state index is -1.11. The molecule has 0 spiro atoms. The minimum absolute atomic E-state index is 0. The number of hydrogen-bond acceptors (Lipinski definition) is 5. The maximum atomic E-state index is 10.6. The van der Waals surface area contributed by atoms with Crippen molar-refractivity contribution in [2.75, 3.05) is 6.61 Å². The molecule has 104 valence electrons. The van der Waals surface area contributed by atoms with Crippen molar-refractivity contribution in [3.05, 3.63) is 29.8 Å². The molecule has 0 saturated heterocycles. The van der Waals surface area contributed by atoms with Gasteiger partial charge in [-0.2, -0.15) is 0 Å². The van der Waals surface area contributed by atoms with E-state index >= 15 is 0 Å². The second kappa shape index (κ2) is 11.5. The zero-order valence-electron chi connectivity index (χ0n) is 10.3. The van der Waals surface area contributed by atoms with Gasteiger partial charge in [0.25, 0.3) is 0 Å². The predicted octanol–water partition coefficient (Wildman–Crippen LogP) is 0.646. The average molecular weight is 261 g/mol. The quantitative estimate of drug-likeness (QED) is 0.525. The molecular weight excluding hydrogens is 242 g/mol. The number of para-hydroxylation sites is 1. The maximum absolute atomic E-state index is 10.6. The number of hydrogen-bond donors (Lipinski definition) is 3. The molecule has 0 fully saturated rings. The van der Waals surface area contributed by atoms with Crippen LogP contribution < -0.4 is 10.9 Å². The fraction of sp³-hybridized carbons (Fsp3) is 0.273. The first-order valence-electron chi connectivity index (χ1n) is 4.64. The normalized spacial score (nSPS) is 7.72. The van der Waals surface area contributed by atoms with Gasteiger partial charge in [0.1, 0.15) is 11.3 Å². The Hall–Kier alpha value is -1.96. The lowest BCUT2D eigenvalue weighted by molar-refractivity contribution is -0.131. The van der Waals surface area contributed by atoms with Gasteiger partial charge in [-0.15, -0.1) is 0 Å². The van der Waals surface area contributed by atoms with Gasteiger partial charge in [-0.05, 0) is 19.1 Å². The first kappa shape index (κ1) is 21.3. The number of aromatic carboxylic acids is 1. The molecule has 7 nitrogen and oxygen atoms in total. The molecule has 7 N–H and O–H groups in total. The molecule has 7 heteroatoms. The molecule has 1 aromatic carbocycles. The van der Waals surface area contributed by atoms with Crippen molar-refractivity contribution in [3.8, 4) is 5.75 Å². The van der Waals surface area contributed by atoms with E-state index in [0.717, 1.165) is 0 Å². The number of rotatable bonds is 2. The summed E-state index contributed by atoms with van der Waals surface area (Å²) in [5.41, 5.74) is -0.0160. The number of aliphatic hydroxyl groups is 1. The van der Waals surface area contributed by atoms with Crippen LogP contribution in [0.5, 0.6) is 5.75 Å². The lowest BCUT2D eigenvalue weighted by atomic mass is 10.2. The van der Waals surface area contributed by atoms with Gasteiger partial charge in [-0.25, -0.2) is 4.79 Å². The molecule has 18 heavy (non-hydrogen) atoms. The smallest absolute Gasteiger partial charge is 0.339 e. The van der Waals surface area contributed by atoms with Gasteiger partial charge in [0.2, 0.25) is 0 Å². The number of esters is 1. The number of carboxylic acid groups (broad SMARTS) is 1. The van der Waals surface area contributed by atoms with E-state index in [1.807, 2.05) is 0 Å². The summed E-state index contributed by atoms with van der Waals surface area (Å²) in [6, 6.07) is 5.98. The van der Waals surface area contributed by atoms with Crippen molar-refractivity contribution in [2.24, 2.45) is 0 Å². The van der Waals surface area contributed by atoms with Crippen molar-refractivity contribution in [1.82, 2.24) is 6.15 Å². The molecule has 0 aliphatic carbocycles. The Morgan fingerprint density at radius 3 is 2.11 bits per heavy atom. The SMILES string of the molecule is CC(=O)Oc1ccccc1C(=O)O.CCO.N.O. The Morgan fingerprint density at radius 1 is 1.28 bits per heavy atom. The third-order valence-electron chi connectivity index (χ3n) is 1.37. The second-order valence-corrected chi connectivity index (χ2v) is 2.71. The van der Waals surface area contributed by atoms with Gasteiger partial charge >= 0.3 is 11.9 Å². The van der Waals surface area contributed by atoms with Gasteiger partial charge in [0.05, 0.1) is 0 Å². The lowest BCUT2D eigenvalue weighted by Crippen LogP contribution is -2.06. The summed E-state index contributed by atoms with van der Waals surface area (Å²) in [5, 5.41) is 16.3. The summed E-state index contributed by atoms with van der Waals surface area (Å²) >= 11 is 0. The second-order valence-electron chi connectivity index (χ2n) is 2.71. The number of carboxylic acids is 1. The topological polar surface area (TPSA) is 150 Å². The number of carbonyl (C=O) groups excluding carboxylic acids is 1. The number of ether oxygens (including phenoxy) is 1. The van der Waals surface area contributed by atoms with Crippen molar-refractivity contribution in [2.45, 2.75) is 13.8 Å². The maximum Gasteiger partial charge on any atom is 0.339 e. The molecule has 0 radical (unpaired) electrons. The highest BCUT2D eigenvalue weighted by atomic mass is 16.5. The number of benzene rings is 1. The predicted molar refractivity (Wildman–Crippen MR) is 66.1 cm³/mol. The Bertz CT molecular complexity index is 366. The Labute approximate surface area is 105 Å².